The van der Waals surface area contributed by atoms with Crippen LogP contribution in [0.2, 0.25) is 0 Å². The summed E-state index contributed by atoms with van der Waals surface area (Å²) in [5.41, 5.74) is 0.762. The van der Waals surface area contributed by atoms with Crippen LogP contribution in [0.1, 0.15) is 33.1 Å². The van der Waals surface area contributed by atoms with Gasteiger partial charge in [-0.3, -0.25) is 4.79 Å². The van der Waals surface area contributed by atoms with Crippen molar-refractivity contribution in [3.05, 3.63) is 24.3 Å². The van der Waals surface area contributed by atoms with Gasteiger partial charge in [0.05, 0.1) is 18.9 Å². The number of hydrogen-bond acceptors (Lipinski definition) is 4. The molecule has 0 bridgehead atoms. The molecule has 1 aromatic rings. The van der Waals surface area contributed by atoms with E-state index in [0.717, 1.165) is 30.7 Å². The second-order valence-corrected chi connectivity index (χ2v) is 5.07. The van der Waals surface area contributed by atoms with Crippen LogP contribution in [-0.4, -0.2) is 30.8 Å². The molecule has 122 valence electrons. The Morgan fingerprint density at radius 2 is 2.00 bits per heavy atom. The lowest BCUT2D eigenvalue weighted by molar-refractivity contribution is -0.142. The number of carbonyl (C=O) groups excluding carboxylic acids is 1. The Kier molecular flexibility index (Phi) is 8.98. The largest absolute Gasteiger partial charge is 0.492 e. The van der Waals surface area contributed by atoms with Gasteiger partial charge in [-0.25, -0.2) is 0 Å². The molecule has 0 amide bonds. The normalized spacial score (nSPS) is 9.91. The number of para-hydroxylation sites is 2. The molecule has 0 radical (unpaired) electrons. The van der Waals surface area contributed by atoms with Crippen LogP contribution in [-0.2, 0) is 9.53 Å². The highest BCUT2D eigenvalue weighted by Gasteiger charge is 2.07. The maximum atomic E-state index is 11.5. The fourth-order valence-corrected chi connectivity index (χ4v) is 1.94. The minimum atomic E-state index is -0.307. The van der Waals surface area contributed by atoms with Crippen molar-refractivity contribution in [2.24, 2.45) is 0 Å². The third-order valence-electron chi connectivity index (χ3n) is 2.84. The second-order valence-electron chi connectivity index (χ2n) is 4.66. The molecule has 0 heterocycles. The summed E-state index contributed by atoms with van der Waals surface area (Å²) in [6.45, 7) is 5.11. The first-order chi connectivity index (χ1) is 10.7. The fourth-order valence-electron chi connectivity index (χ4n) is 1.76. The van der Waals surface area contributed by atoms with E-state index in [1.807, 2.05) is 31.2 Å². The van der Waals surface area contributed by atoms with Gasteiger partial charge in [0.15, 0.2) is 5.11 Å². The topological polar surface area (TPSA) is 59.6 Å². The molecule has 0 spiro atoms. The summed E-state index contributed by atoms with van der Waals surface area (Å²) in [7, 11) is 0. The number of thiocarbonyl (C=S) groups is 1. The van der Waals surface area contributed by atoms with Gasteiger partial charge in [0.2, 0.25) is 0 Å². The van der Waals surface area contributed by atoms with Crippen molar-refractivity contribution in [2.75, 3.05) is 25.1 Å². The molecular formula is C16H24N2O3S. The summed E-state index contributed by atoms with van der Waals surface area (Å²) in [6.07, 6.45) is 3.06. The van der Waals surface area contributed by atoms with Gasteiger partial charge in [0.25, 0.3) is 0 Å². The van der Waals surface area contributed by atoms with Crippen LogP contribution >= 0.6 is 12.2 Å². The van der Waals surface area contributed by atoms with E-state index in [4.69, 9.17) is 21.7 Å². The standard InChI is InChI=1S/C16H24N2O3S/c1-3-5-8-11-21-15(19)12-17-16(22)18-13-9-6-7-10-14(13)20-4-2/h6-7,9-10H,3-5,8,11-12H2,1-2H3,(H2,17,18,22). The Labute approximate surface area is 137 Å². The number of ether oxygens (including phenoxy) is 2. The van der Waals surface area contributed by atoms with Crippen molar-refractivity contribution in [1.82, 2.24) is 5.32 Å². The predicted molar refractivity (Wildman–Crippen MR) is 92.3 cm³/mol. The number of anilines is 1. The van der Waals surface area contributed by atoms with E-state index < -0.39 is 0 Å². The molecule has 0 aromatic heterocycles. The van der Waals surface area contributed by atoms with Gasteiger partial charge in [-0.1, -0.05) is 31.9 Å². The van der Waals surface area contributed by atoms with Crippen molar-refractivity contribution in [1.29, 1.82) is 0 Å². The average molecular weight is 324 g/mol. The number of rotatable bonds is 9. The zero-order chi connectivity index (χ0) is 16.2. The molecule has 0 saturated carbocycles. The van der Waals surface area contributed by atoms with Crippen molar-refractivity contribution < 1.29 is 14.3 Å². The minimum absolute atomic E-state index is 0.0504. The third-order valence-corrected chi connectivity index (χ3v) is 3.09. The number of hydrogen-bond donors (Lipinski definition) is 2. The average Bonchev–Trinajstić information content (AvgIpc) is 2.52. The smallest absolute Gasteiger partial charge is 0.325 e. The maximum absolute atomic E-state index is 11.5. The highest BCUT2D eigenvalue weighted by molar-refractivity contribution is 7.80. The molecule has 0 unspecified atom stereocenters. The fraction of sp³-hybridized carbons (Fsp3) is 0.500. The quantitative estimate of drug-likeness (QED) is 0.413. The lowest BCUT2D eigenvalue weighted by Gasteiger charge is -2.13. The highest BCUT2D eigenvalue weighted by atomic mass is 32.1. The molecule has 0 saturated heterocycles. The number of carbonyl (C=O) groups is 1. The molecule has 0 aliphatic carbocycles. The van der Waals surface area contributed by atoms with Crippen LogP contribution in [0.3, 0.4) is 0 Å². The van der Waals surface area contributed by atoms with Crippen LogP contribution < -0.4 is 15.4 Å². The molecule has 2 N–H and O–H groups in total. The summed E-state index contributed by atoms with van der Waals surface area (Å²) in [5, 5.41) is 6.20. The third kappa shape index (κ3) is 7.26. The van der Waals surface area contributed by atoms with E-state index in [1.165, 1.54) is 0 Å². The maximum Gasteiger partial charge on any atom is 0.325 e. The summed E-state index contributed by atoms with van der Waals surface area (Å²) in [6, 6.07) is 7.49. The molecule has 22 heavy (non-hydrogen) atoms. The number of unbranched alkanes of at least 4 members (excludes halogenated alkanes) is 2. The van der Waals surface area contributed by atoms with Crippen LogP contribution in [0.25, 0.3) is 0 Å². The predicted octanol–water partition coefficient (Wildman–Crippen LogP) is 3.11. The van der Waals surface area contributed by atoms with Gasteiger partial charge < -0.3 is 20.1 Å². The van der Waals surface area contributed by atoms with Crippen molar-refractivity contribution in [2.45, 2.75) is 33.1 Å². The monoisotopic (exact) mass is 324 g/mol. The molecule has 0 fully saturated rings. The van der Waals surface area contributed by atoms with Crippen LogP contribution in [0.5, 0.6) is 5.75 Å². The zero-order valence-corrected chi connectivity index (χ0v) is 14.0. The van der Waals surface area contributed by atoms with Gasteiger partial charge in [-0.05, 0) is 37.7 Å². The summed E-state index contributed by atoms with van der Waals surface area (Å²) >= 11 is 5.17. The molecule has 1 aromatic carbocycles. The number of nitrogens with one attached hydrogen (secondary N) is 2. The van der Waals surface area contributed by atoms with Gasteiger partial charge in [0.1, 0.15) is 12.3 Å². The SMILES string of the molecule is CCCCCOC(=O)CNC(=S)Nc1ccccc1OCC. The summed E-state index contributed by atoms with van der Waals surface area (Å²) < 4.78 is 10.6. The lowest BCUT2D eigenvalue weighted by atomic mass is 10.3. The first kappa shape index (κ1) is 18.2. The van der Waals surface area contributed by atoms with Crippen LogP contribution in [0.15, 0.2) is 24.3 Å². The molecule has 0 aliphatic heterocycles. The van der Waals surface area contributed by atoms with E-state index in [-0.39, 0.29) is 12.5 Å². The number of benzene rings is 1. The molecule has 0 aliphatic rings. The van der Waals surface area contributed by atoms with E-state index in [2.05, 4.69) is 17.6 Å². The van der Waals surface area contributed by atoms with Crippen LogP contribution in [0, 0.1) is 0 Å². The summed E-state index contributed by atoms with van der Waals surface area (Å²) in [4.78, 5) is 11.5. The Hall–Kier alpha value is -1.82. The first-order valence-corrected chi connectivity index (χ1v) is 8.00. The Morgan fingerprint density at radius 3 is 2.73 bits per heavy atom. The Bertz CT molecular complexity index is 480. The van der Waals surface area contributed by atoms with Crippen molar-refractivity contribution >= 4 is 29.0 Å². The minimum Gasteiger partial charge on any atom is -0.492 e. The molecule has 5 nitrogen and oxygen atoms in total. The van der Waals surface area contributed by atoms with Crippen molar-refractivity contribution in [3.8, 4) is 5.75 Å². The van der Waals surface area contributed by atoms with Gasteiger partial charge in [0, 0.05) is 0 Å². The second kappa shape index (κ2) is 10.8. The molecular weight excluding hydrogens is 300 g/mol. The molecule has 0 atom stereocenters. The molecule has 6 heteroatoms. The molecule has 1 rings (SSSR count). The first-order valence-electron chi connectivity index (χ1n) is 7.59. The van der Waals surface area contributed by atoms with E-state index in [9.17, 15) is 4.79 Å². The zero-order valence-electron chi connectivity index (χ0n) is 13.2. The van der Waals surface area contributed by atoms with Gasteiger partial charge in [-0.15, -0.1) is 0 Å². The van der Waals surface area contributed by atoms with Crippen LogP contribution in [0.4, 0.5) is 5.69 Å². The van der Waals surface area contributed by atoms with Gasteiger partial charge >= 0.3 is 5.97 Å². The van der Waals surface area contributed by atoms with E-state index >= 15 is 0 Å². The highest BCUT2D eigenvalue weighted by Crippen LogP contribution is 2.23. The van der Waals surface area contributed by atoms with E-state index in [1.54, 1.807) is 0 Å². The van der Waals surface area contributed by atoms with E-state index in [0.29, 0.717) is 18.3 Å². The van der Waals surface area contributed by atoms with Gasteiger partial charge in [-0.2, -0.15) is 0 Å². The Morgan fingerprint density at radius 1 is 1.23 bits per heavy atom. The summed E-state index contributed by atoms with van der Waals surface area (Å²) in [5.74, 6) is 0.412. The number of esters is 1. The van der Waals surface area contributed by atoms with Crippen molar-refractivity contribution in [3.63, 3.8) is 0 Å². The Balaban J connectivity index is 2.33. The lowest BCUT2D eigenvalue weighted by Crippen LogP contribution is -2.34.